The van der Waals surface area contributed by atoms with Gasteiger partial charge in [-0.1, -0.05) is 13.8 Å². The molecule has 1 rings (SSSR count). The number of carbonyl (C=O) groups is 1. The maximum Gasteiger partial charge on any atom is 0.248 e. The molecule has 4 N–H and O–H groups in total. The van der Waals surface area contributed by atoms with E-state index in [0.717, 1.165) is 25.3 Å². The minimum atomic E-state index is -0.452. The Kier molecular flexibility index (Phi) is 5.82. The summed E-state index contributed by atoms with van der Waals surface area (Å²) >= 11 is 0. The zero-order valence-corrected chi connectivity index (χ0v) is 12.9. The first-order chi connectivity index (χ1) is 9.31. The van der Waals surface area contributed by atoms with Crippen LogP contribution in [-0.4, -0.2) is 44.5 Å². The molecule has 0 atom stereocenters. The Balaban J connectivity index is 2.97. The molecule has 0 bridgehead atoms. The summed E-state index contributed by atoms with van der Waals surface area (Å²) in [5.74, 6) is 0.0827. The quantitative estimate of drug-likeness (QED) is 0.739. The number of benzene rings is 1. The summed E-state index contributed by atoms with van der Waals surface area (Å²) in [5, 5.41) is 0. The third kappa shape index (κ3) is 4.74. The topological polar surface area (TPSA) is 75.6 Å². The van der Waals surface area contributed by atoms with E-state index in [2.05, 4.69) is 23.6 Å². The fourth-order valence-corrected chi connectivity index (χ4v) is 2.07. The molecule has 112 valence electrons. The Hall–Kier alpha value is -1.75. The maximum absolute atomic E-state index is 11.2. The fourth-order valence-electron chi connectivity index (χ4n) is 2.07. The molecule has 5 heteroatoms. The number of hydrogen-bond acceptors (Lipinski definition) is 4. The molecule has 0 fully saturated rings. The molecule has 20 heavy (non-hydrogen) atoms. The van der Waals surface area contributed by atoms with Crippen LogP contribution in [0, 0.1) is 5.92 Å². The number of primary amides is 1. The largest absolute Gasteiger partial charge is 0.397 e. The number of likely N-dealkylation sites (N-methyl/N-ethyl adjacent to an activating group) is 1. The van der Waals surface area contributed by atoms with E-state index in [9.17, 15) is 4.79 Å². The number of nitrogen functional groups attached to an aromatic ring is 1. The number of nitrogens with zero attached hydrogens (tertiary/aromatic N) is 2. The number of carbonyl (C=O) groups excluding carboxylic acids is 1. The van der Waals surface area contributed by atoms with Gasteiger partial charge in [-0.25, -0.2) is 0 Å². The zero-order valence-electron chi connectivity index (χ0n) is 12.9. The Morgan fingerprint density at radius 3 is 2.35 bits per heavy atom. The highest BCUT2D eigenvalue weighted by molar-refractivity contribution is 5.94. The lowest BCUT2D eigenvalue weighted by atomic mass is 10.1. The molecule has 0 aliphatic heterocycles. The van der Waals surface area contributed by atoms with E-state index in [4.69, 9.17) is 11.5 Å². The van der Waals surface area contributed by atoms with E-state index in [0.29, 0.717) is 17.2 Å². The molecule has 0 saturated heterocycles. The molecule has 5 nitrogen and oxygen atoms in total. The van der Waals surface area contributed by atoms with Crippen molar-refractivity contribution in [2.24, 2.45) is 11.7 Å². The van der Waals surface area contributed by atoms with E-state index < -0.39 is 5.91 Å². The maximum atomic E-state index is 11.2. The van der Waals surface area contributed by atoms with Gasteiger partial charge in [0.15, 0.2) is 0 Å². The van der Waals surface area contributed by atoms with Gasteiger partial charge in [0.05, 0.1) is 11.4 Å². The second-order valence-corrected chi connectivity index (χ2v) is 5.78. The highest BCUT2D eigenvalue weighted by atomic mass is 16.1. The van der Waals surface area contributed by atoms with Gasteiger partial charge in [0, 0.05) is 25.2 Å². The van der Waals surface area contributed by atoms with Gasteiger partial charge in [0.1, 0.15) is 0 Å². The molecule has 0 aliphatic rings. The first-order valence-electron chi connectivity index (χ1n) is 6.90. The summed E-state index contributed by atoms with van der Waals surface area (Å²) in [6, 6.07) is 5.27. The van der Waals surface area contributed by atoms with Crippen molar-refractivity contribution in [2.45, 2.75) is 13.8 Å². The molecule has 0 heterocycles. The van der Waals surface area contributed by atoms with Crippen LogP contribution in [0.25, 0.3) is 0 Å². The molecule has 1 aromatic rings. The fraction of sp³-hybridized carbons (Fsp3) is 0.533. The number of anilines is 2. The van der Waals surface area contributed by atoms with Crippen LogP contribution < -0.4 is 16.4 Å². The van der Waals surface area contributed by atoms with E-state index in [-0.39, 0.29) is 0 Å². The summed E-state index contributed by atoms with van der Waals surface area (Å²) in [6.07, 6.45) is 0. The molecular formula is C15H26N4O. The molecule has 0 saturated carbocycles. The van der Waals surface area contributed by atoms with Gasteiger partial charge >= 0.3 is 0 Å². The summed E-state index contributed by atoms with van der Waals surface area (Å²) in [4.78, 5) is 15.6. The first-order valence-corrected chi connectivity index (χ1v) is 6.90. The Bertz CT molecular complexity index is 457. The van der Waals surface area contributed by atoms with Crippen LogP contribution in [0.4, 0.5) is 11.4 Å². The minimum absolute atomic E-state index is 0.448. The van der Waals surface area contributed by atoms with Crippen LogP contribution in [0.5, 0.6) is 0 Å². The zero-order chi connectivity index (χ0) is 15.3. The minimum Gasteiger partial charge on any atom is -0.397 e. The van der Waals surface area contributed by atoms with E-state index in [1.165, 1.54) is 0 Å². The predicted molar refractivity (Wildman–Crippen MR) is 85.0 cm³/mol. The van der Waals surface area contributed by atoms with E-state index >= 15 is 0 Å². The number of amides is 1. The highest BCUT2D eigenvalue weighted by Gasteiger charge is 2.13. The van der Waals surface area contributed by atoms with Crippen LogP contribution >= 0.6 is 0 Å². The first kappa shape index (κ1) is 16.3. The van der Waals surface area contributed by atoms with Gasteiger partial charge in [0.2, 0.25) is 5.91 Å². The second kappa shape index (κ2) is 7.14. The lowest BCUT2D eigenvalue weighted by molar-refractivity contribution is 0.100. The van der Waals surface area contributed by atoms with Gasteiger partial charge in [-0.2, -0.15) is 0 Å². The van der Waals surface area contributed by atoms with Gasteiger partial charge < -0.3 is 21.3 Å². The number of nitrogens with two attached hydrogens (primary N) is 2. The van der Waals surface area contributed by atoms with Crippen molar-refractivity contribution in [3.8, 4) is 0 Å². The monoisotopic (exact) mass is 278 g/mol. The second-order valence-electron chi connectivity index (χ2n) is 5.78. The molecule has 1 aromatic carbocycles. The molecule has 0 aliphatic carbocycles. The predicted octanol–water partition coefficient (Wildman–Crippen LogP) is 1.39. The van der Waals surface area contributed by atoms with Crippen LogP contribution in [0.2, 0.25) is 0 Å². The van der Waals surface area contributed by atoms with Gasteiger partial charge in [0.25, 0.3) is 0 Å². The average Bonchev–Trinajstić information content (AvgIpc) is 2.33. The van der Waals surface area contributed by atoms with Crippen molar-refractivity contribution in [3.05, 3.63) is 23.8 Å². The van der Waals surface area contributed by atoms with Crippen molar-refractivity contribution in [1.82, 2.24) is 4.90 Å². The summed E-state index contributed by atoms with van der Waals surface area (Å²) < 4.78 is 0. The average molecular weight is 278 g/mol. The third-order valence-corrected chi connectivity index (χ3v) is 3.06. The number of rotatable bonds is 7. The van der Waals surface area contributed by atoms with Crippen molar-refractivity contribution in [2.75, 3.05) is 44.4 Å². The molecular weight excluding hydrogens is 252 g/mol. The van der Waals surface area contributed by atoms with Gasteiger partial charge in [-0.15, -0.1) is 0 Å². The molecule has 0 radical (unpaired) electrons. The van der Waals surface area contributed by atoms with E-state index in [1.54, 1.807) is 12.1 Å². The molecule has 0 spiro atoms. The van der Waals surface area contributed by atoms with Crippen LogP contribution in [-0.2, 0) is 0 Å². The molecule has 0 aromatic heterocycles. The summed E-state index contributed by atoms with van der Waals surface area (Å²) in [5.41, 5.74) is 13.4. The lowest BCUT2D eigenvalue weighted by Crippen LogP contribution is -2.35. The van der Waals surface area contributed by atoms with Crippen molar-refractivity contribution >= 4 is 17.3 Å². The molecule has 1 amide bonds. The van der Waals surface area contributed by atoms with Crippen LogP contribution in [0.3, 0.4) is 0 Å². The van der Waals surface area contributed by atoms with Crippen molar-refractivity contribution < 1.29 is 4.79 Å². The molecule has 0 unspecified atom stereocenters. The summed E-state index contributed by atoms with van der Waals surface area (Å²) in [7, 11) is 4.10. The van der Waals surface area contributed by atoms with E-state index in [1.807, 2.05) is 20.2 Å². The highest BCUT2D eigenvalue weighted by Crippen LogP contribution is 2.25. The number of hydrogen-bond donors (Lipinski definition) is 2. The SMILES string of the molecule is CC(C)CN(CCN(C)C)c1ccc(C(N)=O)cc1N. The standard InChI is InChI=1S/C15H26N4O/c1-11(2)10-19(8-7-18(3)4)14-6-5-12(15(17)20)9-13(14)16/h5-6,9,11H,7-8,10,16H2,1-4H3,(H2,17,20). The normalized spacial score (nSPS) is 11.1. The Morgan fingerprint density at radius 1 is 1.25 bits per heavy atom. The van der Waals surface area contributed by atoms with Crippen LogP contribution in [0.15, 0.2) is 18.2 Å². The third-order valence-electron chi connectivity index (χ3n) is 3.06. The van der Waals surface area contributed by atoms with Gasteiger partial charge in [-0.05, 0) is 38.2 Å². The van der Waals surface area contributed by atoms with Gasteiger partial charge in [-0.3, -0.25) is 4.79 Å². The summed E-state index contributed by atoms with van der Waals surface area (Å²) in [6.45, 7) is 7.12. The lowest BCUT2D eigenvalue weighted by Gasteiger charge is -2.29. The van der Waals surface area contributed by atoms with Crippen molar-refractivity contribution in [1.29, 1.82) is 0 Å². The Labute approximate surface area is 121 Å². The smallest absolute Gasteiger partial charge is 0.248 e. The van der Waals surface area contributed by atoms with Crippen molar-refractivity contribution in [3.63, 3.8) is 0 Å². The van der Waals surface area contributed by atoms with Crippen LogP contribution in [0.1, 0.15) is 24.2 Å². The Morgan fingerprint density at radius 2 is 1.90 bits per heavy atom.